The van der Waals surface area contributed by atoms with E-state index in [4.69, 9.17) is 5.73 Å². The molecule has 0 aliphatic heterocycles. The fourth-order valence-electron chi connectivity index (χ4n) is 2.35. The molecule has 0 aliphatic rings. The van der Waals surface area contributed by atoms with Crippen molar-refractivity contribution in [3.63, 3.8) is 0 Å². The third-order valence-electron chi connectivity index (χ3n) is 3.65. The first kappa shape index (κ1) is 17.9. The van der Waals surface area contributed by atoms with Crippen molar-refractivity contribution < 1.29 is 14.4 Å². The summed E-state index contributed by atoms with van der Waals surface area (Å²) in [5.41, 5.74) is 7.18. The van der Waals surface area contributed by atoms with Gasteiger partial charge < -0.3 is 11.1 Å². The SMILES string of the molecule is Cc1cc(C(=O)CCC(=O)NCc2ccc(C(N)=O)cc2)c(C)s1. The van der Waals surface area contributed by atoms with Crippen molar-refractivity contribution in [2.24, 2.45) is 5.73 Å². The van der Waals surface area contributed by atoms with E-state index in [1.165, 1.54) is 0 Å². The van der Waals surface area contributed by atoms with Crippen LogP contribution in [0.1, 0.15) is 48.9 Å². The number of hydrogen-bond donors (Lipinski definition) is 2. The van der Waals surface area contributed by atoms with Crippen LogP contribution in [0, 0.1) is 13.8 Å². The Labute approximate surface area is 144 Å². The van der Waals surface area contributed by atoms with E-state index < -0.39 is 5.91 Å². The first-order chi connectivity index (χ1) is 11.4. The normalized spacial score (nSPS) is 10.4. The Hall–Kier alpha value is -2.47. The minimum atomic E-state index is -0.483. The summed E-state index contributed by atoms with van der Waals surface area (Å²) in [6, 6.07) is 8.59. The lowest BCUT2D eigenvalue weighted by molar-refractivity contribution is -0.121. The van der Waals surface area contributed by atoms with Crippen molar-refractivity contribution in [1.82, 2.24) is 5.32 Å². The molecule has 0 unspecified atom stereocenters. The highest BCUT2D eigenvalue weighted by atomic mass is 32.1. The topological polar surface area (TPSA) is 89.3 Å². The Bertz CT molecular complexity index is 763. The summed E-state index contributed by atoms with van der Waals surface area (Å²) in [7, 11) is 0. The van der Waals surface area contributed by atoms with Crippen LogP contribution in [0.5, 0.6) is 0 Å². The van der Waals surface area contributed by atoms with Gasteiger partial charge in [-0.15, -0.1) is 11.3 Å². The number of hydrogen-bond acceptors (Lipinski definition) is 4. The van der Waals surface area contributed by atoms with E-state index in [9.17, 15) is 14.4 Å². The monoisotopic (exact) mass is 344 g/mol. The smallest absolute Gasteiger partial charge is 0.248 e. The molecular formula is C18H20N2O3S. The molecule has 0 radical (unpaired) electrons. The zero-order valence-electron chi connectivity index (χ0n) is 13.7. The second-order valence-corrected chi connectivity index (χ2v) is 7.05. The fraction of sp³-hybridized carbons (Fsp3) is 0.278. The minimum Gasteiger partial charge on any atom is -0.366 e. The minimum absolute atomic E-state index is 0.00203. The summed E-state index contributed by atoms with van der Waals surface area (Å²) in [5, 5.41) is 2.77. The number of carbonyl (C=O) groups is 3. The van der Waals surface area contributed by atoms with E-state index in [1.807, 2.05) is 19.9 Å². The zero-order chi connectivity index (χ0) is 17.7. The van der Waals surface area contributed by atoms with Crippen LogP contribution in [-0.4, -0.2) is 17.6 Å². The van der Waals surface area contributed by atoms with Crippen molar-refractivity contribution in [2.45, 2.75) is 33.2 Å². The van der Waals surface area contributed by atoms with Crippen LogP contribution in [0.15, 0.2) is 30.3 Å². The number of carbonyl (C=O) groups excluding carboxylic acids is 3. The average Bonchev–Trinajstić information content (AvgIpc) is 2.89. The van der Waals surface area contributed by atoms with Gasteiger partial charge in [-0.05, 0) is 37.6 Å². The summed E-state index contributed by atoms with van der Waals surface area (Å²) in [4.78, 5) is 37.1. The number of thiophene rings is 1. The molecule has 5 nitrogen and oxygen atoms in total. The average molecular weight is 344 g/mol. The molecule has 2 amide bonds. The Balaban J connectivity index is 1.80. The van der Waals surface area contributed by atoms with Gasteiger partial charge in [-0.1, -0.05) is 12.1 Å². The maximum atomic E-state index is 12.1. The highest BCUT2D eigenvalue weighted by Gasteiger charge is 2.13. The van der Waals surface area contributed by atoms with Gasteiger partial charge in [0.1, 0.15) is 0 Å². The largest absolute Gasteiger partial charge is 0.366 e. The van der Waals surface area contributed by atoms with E-state index in [2.05, 4.69) is 5.32 Å². The molecule has 0 saturated carbocycles. The van der Waals surface area contributed by atoms with Crippen LogP contribution in [0.4, 0.5) is 0 Å². The van der Waals surface area contributed by atoms with Gasteiger partial charge in [-0.2, -0.15) is 0 Å². The first-order valence-electron chi connectivity index (χ1n) is 7.62. The van der Waals surface area contributed by atoms with Crippen LogP contribution in [0.3, 0.4) is 0 Å². The second-order valence-electron chi connectivity index (χ2n) is 5.59. The second kappa shape index (κ2) is 7.88. The molecule has 24 heavy (non-hydrogen) atoms. The molecule has 1 heterocycles. The molecule has 3 N–H and O–H groups in total. The third kappa shape index (κ3) is 4.76. The van der Waals surface area contributed by atoms with Gasteiger partial charge in [0.15, 0.2) is 5.78 Å². The number of amides is 2. The fourth-order valence-corrected chi connectivity index (χ4v) is 3.29. The van der Waals surface area contributed by atoms with E-state index in [0.717, 1.165) is 15.3 Å². The van der Waals surface area contributed by atoms with Gasteiger partial charge in [0, 0.05) is 40.3 Å². The molecule has 0 aliphatic carbocycles. The maximum absolute atomic E-state index is 12.1. The van der Waals surface area contributed by atoms with E-state index in [0.29, 0.717) is 17.7 Å². The number of ketones is 1. The highest BCUT2D eigenvalue weighted by Crippen LogP contribution is 2.22. The number of nitrogens with one attached hydrogen (secondary N) is 1. The molecule has 2 rings (SSSR count). The first-order valence-corrected chi connectivity index (χ1v) is 8.44. The lowest BCUT2D eigenvalue weighted by Gasteiger charge is -2.06. The molecule has 0 atom stereocenters. The predicted octanol–water partition coefficient (Wildman–Crippen LogP) is 2.74. The summed E-state index contributed by atoms with van der Waals surface area (Å²) in [6.07, 6.45) is 0.357. The molecule has 0 bridgehead atoms. The summed E-state index contributed by atoms with van der Waals surface area (Å²) in [5.74, 6) is -0.659. The van der Waals surface area contributed by atoms with Crippen molar-refractivity contribution in [2.75, 3.05) is 0 Å². The Morgan fingerprint density at radius 3 is 2.29 bits per heavy atom. The van der Waals surface area contributed by atoms with Crippen molar-refractivity contribution in [3.8, 4) is 0 Å². The van der Waals surface area contributed by atoms with Gasteiger partial charge >= 0.3 is 0 Å². The van der Waals surface area contributed by atoms with Crippen molar-refractivity contribution in [3.05, 3.63) is 56.8 Å². The Morgan fingerprint density at radius 1 is 1.08 bits per heavy atom. The van der Waals surface area contributed by atoms with Crippen LogP contribution >= 0.6 is 11.3 Å². The van der Waals surface area contributed by atoms with Crippen molar-refractivity contribution >= 4 is 28.9 Å². The lowest BCUT2D eigenvalue weighted by Crippen LogP contribution is -2.23. The van der Waals surface area contributed by atoms with E-state index in [1.54, 1.807) is 35.6 Å². The van der Waals surface area contributed by atoms with E-state index >= 15 is 0 Å². The molecule has 0 fully saturated rings. The zero-order valence-corrected chi connectivity index (χ0v) is 14.5. The molecular weight excluding hydrogens is 324 g/mol. The van der Waals surface area contributed by atoms with Crippen LogP contribution in [0.25, 0.3) is 0 Å². The molecule has 2 aromatic rings. The molecule has 1 aromatic heterocycles. The number of aryl methyl sites for hydroxylation is 2. The van der Waals surface area contributed by atoms with Crippen LogP contribution in [0.2, 0.25) is 0 Å². The predicted molar refractivity (Wildman–Crippen MR) is 94.2 cm³/mol. The number of rotatable bonds is 7. The molecule has 0 saturated heterocycles. The van der Waals surface area contributed by atoms with Crippen LogP contribution in [-0.2, 0) is 11.3 Å². The molecule has 0 spiro atoms. The Kier molecular flexibility index (Phi) is 5.87. The number of nitrogens with two attached hydrogens (primary N) is 1. The number of benzene rings is 1. The number of primary amides is 1. The standard InChI is InChI=1S/C18H20N2O3S/c1-11-9-15(12(2)24-11)16(21)7-8-17(22)20-10-13-3-5-14(6-4-13)18(19)23/h3-6,9H,7-8,10H2,1-2H3,(H2,19,23)(H,20,22). The maximum Gasteiger partial charge on any atom is 0.248 e. The Morgan fingerprint density at radius 2 is 1.75 bits per heavy atom. The van der Waals surface area contributed by atoms with Crippen molar-refractivity contribution in [1.29, 1.82) is 0 Å². The summed E-state index contributed by atoms with van der Waals surface area (Å²) in [6.45, 7) is 4.23. The van der Waals surface area contributed by atoms with Gasteiger partial charge in [0.05, 0.1) is 0 Å². The number of Topliss-reactive ketones (excluding diaryl/α,β-unsaturated/α-hetero) is 1. The molecule has 1 aromatic carbocycles. The highest BCUT2D eigenvalue weighted by molar-refractivity contribution is 7.12. The quantitative estimate of drug-likeness (QED) is 0.757. The van der Waals surface area contributed by atoms with Gasteiger partial charge in [-0.25, -0.2) is 0 Å². The van der Waals surface area contributed by atoms with Crippen LogP contribution < -0.4 is 11.1 Å². The lowest BCUT2D eigenvalue weighted by atomic mass is 10.1. The van der Waals surface area contributed by atoms with E-state index in [-0.39, 0.29) is 24.5 Å². The third-order valence-corrected chi connectivity index (χ3v) is 4.61. The summed E-state index contributed by atoms with van der Waals surface area (Å²) < 4.78 is 0. The van der Waals surface area contributed by atoms with Gasteiger partial charge in [0.2, 0.25) is 11.8 Å². The van der Waals surface area contributed by atoms with Gasteiger partial charge in [-0.3, -0.25) is 14.4 Å². The molecule has 6 heteroatoms. The summed E-state index contributed by atoms with van der Waals surface area (Å²) >= 11 is 1.59. The van der Waals surface area contributed by atoms with Gasteiger partial charge in [0.25, 0.3) is 0 Å². The molecule has 126 valence electrons.